The number of nitrogens with one attached hydrogen (secondary N) is 1. The van der Waals surface area contributed by atoms with Crippen LogP contribution in [-0.4, -0.2) is 60.6 Å². The number of hydrogen-bond donors (Lipinski definition) is 2. The summed E-state index contributed by atoms with van der Waals surface area (Å²) in [6.07, 6.45) is 0.424. The number of methoxy groups -OCH3 is 2. The number of nitrogens with zero attached hydrogens (tertiary/aromatic N) is 2. The van der Waals surface area contributed by atoms with Gasteiger partial charge in [0, 0.05) is 38.8 Å². The molecule has 0 fully saturated rings. The van der Waals surface area contributed by atoms with E-state index in [0.29, 0.717) is 0 Å². The number of fused-ring (bicyclic) bond motifs is 1. The number of aliphatic imine (C=N–C) groups is 1. The fraction of sp³-hybridized carbons (Fsp3) is 0.500. The summed E-state index contributed by atoms with van der Waals surface area (Å²) in [5.74, 6) is 0.839. The number of aliphatic hydroxyl groups excluding tert-OH is 1. The second kappa shape index (κ2) is 8.26. The Kier molecular flexibility index (Phi) is 6.07. The molecule has 8 heteroatoms. The Morgan fingerprint density at radius 1 is 1.38 bits per heavy atom. The average molecular weight is 367 g/mol. The third kappa shape index (κ3) is 3.89. The topological polar surface area (TPSA) is 76.0 Å². The standard InChI is InChI=1S/C16H21N3O3S2/c1-21-16(22-2)12-9-23-14(19-12)15-18-11-5-4-10(8-13(11)24-15)17-6-3-7-20/h4-5,8,12,16-17,20H,3,6-7,9H2,1-2H3. The van der Waals surface area contributed by atoms with E-state index < -0.39 is 0 Å². The Bertz CT molecular complexity index is 716. The van der Waals surface area contributed by atoms with Crippen LogP contribution in [0.25, 0.3) is 10.2 Å². The summed E-state index contributed by atoms with van der Waals surface area (Å²) in [7, 11) is 3.27. The van der Waals surface area contributed by atoms with Crippen molar-refractivity contribution in [3.05, 3.63) is 23.2 Å². The lowest BCUT2D eigenvalue weighted by molar-refractivity contribution is -0.111. The van der Waals surface area contributed by atoms with E-state index in [9.17, 15) is 0 Å². The number of ether oxygens (including phenoxy) is 2. The minimum Gasteiger partial charge on any atom is -0.396 e. The van der Waals surface area contributed by atoms with Gasteiger partial charge >= 0.3 is 0 Å². The SMILES string of the molecule is COC(OC)C1CSC(c2nc3ccc(NCCCO)cc3s2)=N1. The van der Waals surface area contributed by atoms with Crippen LogP contribution in [0.2, 0.25) is 0 Å². The zero-order valence-corrected chi connectivity index (χ0v) is 15.3. The first-order valence-corrected chi connectivity index (χ1v) is 9.57. The van der Waals surface area contributed by atoms with Crippen LogP contribution in [0.1, 0.15) is 11.4 Å². The third-order valence-corrected chi connectivity index (χ3v) is 5.92. The lowest BCUT2D eigenvalue weighted by Gasteiger charge is -2.16. The zero-order chi connectivity index (χ0) is 16.9. The van der Waals surface area contributed by atoms with Crippen LogP contribution in [0.15, 0.2) is 23.2 Å². The molecule has 1 aliphatic heterocycles. The number of thioether (sulfide) groups is 1. The van der Waals surface area contributed by atoms with Crippen LogP contribution in [0, 0.1) is 0 Å². The molecule has 24 heavy (non-hydrogen) atoms. The molecule has 0 saturated carbocycles. The molecule has 1 atom stereocenters. The Morgan fingerprint density at radius 2 is 2.21 bits per heavy atom. The average Bonchev–Trinajstić information content (AvgIpc) is 3.22. The molecule has 3 rings (SSSR count). The van der Waals surface area contributed by atoms with Gasteiger partial charge in [-0.1, -0.05) is 0 Å². The number of rotatable bonds is 8. The van der Waals surface area contributed by atoms with E-state index in [1.807, 2.05) is 12.1 Å². The summed E-state index contributed by atoms with van der Waals surface area (Å²) in [5.41, 5.74) is 2.02. The quantitative estimate of drug-likeness (QED) is 0.552. The van der Waals surface area contributed by atoms with E-state index in [0.717, 1.165) is 44.7 Å². The van der Waals surface area contributed by atoms with Crippen LogP contribution < -0.4 is 5.32 Å². The van der Waals surface area contributed by atoms with Gasteiger partial charge in [0.05, 0.1) is 10.2 Å². The summed E-state index contributed by atoms with van der Waals surface area (Å²) >= 11 is 3.34. The molecule has 0 radical (unpaired) electrons. The van der Waals surface area contributed by atoms with E-state index in [4.69, 9.17) is 24.6 Å². The van der Waals surface area contributed by atoms with Crippen LogP contribution in [0.4, 0.5) is 5.69 Å². The minimum atomic E-state index is -0.313. The van der Waals surface area contributed by atoms with Crippen molar-refractivity contribution < 1.29 is 14.6 Å². The predicted molar refractivity (Wildman–Crippen MR) is 100 cm³/mol. The predicted octanol–water partition coefficient (Wildman–Crippen LogP) is 2.57. The highest BCUT2D eigenvalue weighted by molar-refractivity contribution is 8.15. The highest BCUT2D eigenvalue weighted by Gasteiger charge is 2.28. The first-order valence-electron chi connectivity index (χ1n) is 7.77. The van der Waals surface area contributed by atoms with Crippen LogP contribution >= 0.6 is 23.1 Å². The maximum atomic E-state index is 8.86. The monoisotopic (exact) mass is 367 g/mol. The van der Waals surface area contributed by atoms with E-state index in [1.165, 1.54) is 0 Å². The summed E-state index contributed by atoms with van der Waals surface area (Å²) in [4.78, 5) is 9.41. The maximum absolute atomic E-state index is 8.86. The molecule has 0 spiro atoms. The van der Waals surface area contributed by atoms with Gasteiger partial charge in [-0.3, -0.25) is 4.99 Å². The molecular weight excluding hydrogens is 346 g/mol. The third-order valence-electron chi connectivity index (χ3n) is 3.69. The highest BCUT2D eigenvalue weighted by atomic mass is 32.2. The molecule has 0 amide bonds. The van der Waals surface area contributed by atoms with Gasteiger partial charge in [0.15, 0.2) is 6.29 Å². The van der Waals surface area contributed by atoms with Gasteiger partial charge in [-0.05, 0) is 24.6 Å². The fourth-order valence-corrected chi connectivity index (χ4v) is 4.63. The Balaban J connectivity index is 1.77. The minimum absolute atomic E-state index is 0.00252. The molecule has 2 heterocycles. The smallest absolute Gasteiger partial charge is 0.179 e. The first kappa shape index (κ1) is 17.6. The lowest BCUT2D eigenvalue weighted by atomic mass is 10.3. The van der Waals surface area contributed by atoms with E-state index in [1.54, 1.807) is 37.3 Å². The van der Waals surface area contributed by atoms with Crippen molar-refractivity contribution in [1.29, 1.82) is 0 Å². The van der Waals surface area contributed by atoms with Crippen molar-refractivity contribution in [2.45, 2.75) is 18.8 Å². The number of hydrogen-bond acceptors (Lipinski definition) is 8. The summed E-state index contributed by atoms with van der Waals surface area (Å²) in [6.45, 7) is 0.954. The molecule has 1 aliphatic rings. The number of thiazole rings is 1. The molecule has 2 N–H and O–H groups in total. The molecule has 130 valence electrons. The Labute approximate surface area is 149 Å². The number of aliphatic hydroxyl groups is 1. The summed E-state index contributed by atoms with van der Waals surface area (Å²) in [5, 5.41) is 14.1. The second-order valence-electron chi connectivity index (χ2n) is 5.36. The number of benzene rings is 1. The first-order chi connectivity index (χ1) is 11.7. The fourth-order valence-electron chi connectivity index (χ4n) is 2.49. The van der Waals surface area contributed by atoms with Crippen LogP contribution in [-0.2, 0) is 9.47 Å². The summed E-state index contributed by atoms with van der Waals surface area (Å²) in [6, 6.07) is 6.13. The lowest BCUT2D eigenvalue weighted by Crippen LogP contribution is -2.28. The van der Waals surface area contributed by atoms with Gasteiger partial charge in [-0.15, -0.1) is 23.1 Å². The van der Waals surface area contributed by atoms with Gasteiger partial charge in [0.25, 0.3) is 0 Å². The molecule has 6 nitrogen and oxygen atoms in total. The van der Waals surface area contributed by atoms with Gasteiger partial charge in [0.1, 0.15) is 16.1 Å². The van der Waals surface area contributed by atoms with E-state index in [2.05, 4.69) is 11.4 Å². The van der Waals surface area contributed by atoms with Crippen molar-refractivity contribution in [3.8, 4) is 0 Å². The normalized spacial score (nSPS) is 17.7. The zero-order valence-electron chi connectivity index (χ0n) is 13.7. The Hall–Kier alpha value is -1.19. The molecule has 0 bridgehead atoms. The number of aromatic nitrogens is 1. The molecule has 1 unspecified atom stereocenters. The Morgan fingerprint density at radius 3 is 2.96 bits per heavy atom. The van der Waals surface area contributed by atoms with Crippen molar-refractivity contribution in [1.82, 2.24) is 4.98 Å². The number of anilines is 1. The van der Waals surface area contributed by atoms with Gasteiger partial charge in [-0.25, -0.2) is 4.98 Å². The molecular formula is C16H21N3O3S2. The highest BCUT2D eigenvalue weighted by Crippen LogP contribution is 2.32. The van der Waals surface area contributed by atoms with Gasteiger partial charge in [-0.2, -0.15) is 0 Å². The van der Waals surface area contributed by atoms with Crippen molar-refractivity contribution in [3.63, 3.8) is 0 Å². The molecule has 2 aromatic rings. The van der Waals surface area contributed by atoms with Crippen LogP contribution in [0.3, 0.4) is 0 Å². The maximum Gasteiger partial charge on any atom is 0.179 e. The molecule has 0 aliphatic carbocycles. The van der Waals surface area contributed by atoms with Gasteiger partial charge in [0.2, 0.25) is 0 Å². The summed E-state index contributed by atoms with van der Waals surface area (Å²) < 4.78 is 11.7. The van der Waals surface area contributed by atoms with Crippen molar-refractivity contribution >= 4 is 44.0 Å². The van der Waals surface area contributed by atoms with Crippen molar-refractivity contribution in [2.75, 3.05) is 38.4 Å². The molecule has 1 aromatic carbocycles. The largest absolute Gasteiger partial charge is 0.396 e. The molecule has 0 saturated heterocycles. The molecule has 1 aromatic heterocycles. The van der Waals surface area contributed by atoms with Crippen molar-refractivity contribution in [2.24, 2.45) is 4.99 Å². The second-order valence-corrected chi connectivity index (χ2v) is 7.40. The van der Waals surface area contributed by atoms with E-state index >= 15 is 0 Å². The van der Waals surface area contributed by atoms with E-state index in [-0.39, 0.29) is 18.9 Å². The van der Waals surface area contributed by atoms with Crippen LogP contribution in [0.5, 0.6) is 0 Å². The van der Waals surface area contributed by atoms with Gasteiger partial charge < -0.3 is 19.9 Å².